The van der Waals surface area contributed by atoms with Crippen LogP contribution in [0.2, 0.25) is 0 Å². The zero-order chi connectivity index (χ0) is 8.78. The largest absolute Gasteiger partial charge is 0.394 e. The van der Waals surface area contributed by atoms with Gasteiger partial charge in [-0.05, 0) is 0 Å². The highest BCUT2D eigenvalue weighted by Crippen LogP contribution is 1.59. The molecule has 9 N–H and O–H groups in total. The van der Waals surface area contributed by atoms with E-state index in [0.717, 1.165) is 0 Å². The monoisotopic (exact) mass is 173 g/mol. The molecule has 0 aliphatic rings. The summed E-state index contributed by atoms with van der Waals surface area (Å²) in [5.41, 5.74) is 9.50. The summed E-state index contributed by atoms with van der Waals surface area (Å²) in [6.45, 7) is 0. The molecular weight excluding hydrogens is 164 g/mol. The highest BCUT2D eigenvalue weighted by molar-refractivity contribution is 7.79. The molecule has 0 saturated carbocycles. The molecule has 0 unspecified atom stereocenters. The molecule has 0 aromatic rings. The Labute approximate surface area is 57.3 Å². The zero-order valence-corrected chi connectivity index (χ0v) is 5.67. The zero-order valence-electron chi connectivity index (χ0n) is 4.85. The summed E-state index contributed by atoms with van der Waals surface area (Å²) in [4.78, 5) is 0. The first kappa shape index (κ1) is 11.7. The number of hydrogen-bond donors (Lipinski definition) is 6. The lowest BCUT2D eigenvalue weighted by Gasteiger charge is -1.69. The Balaban J connectivity index is 0. The van der Waals surface area contributed by atoms with Crippen molar-refractivity contribution in [1.82, 2.24) is 0 Å². The lowest BCUT2D eigenvalue weighted by molar-refractivity contribution is -0.471. The van der Waals surface area contributed by atoms with Gasteiger partial charge in [-0.15, -0.1) is 0 Å². The summed E-state index contributed by atoms with van der Waals surface area (Å²) in [6, 6.07) is 0. The van der Waals surface area contributed by atoms with E-state index in [9.17, 15) is 0 Å². The van der Waals surface area contributed by atoms with Crippen LogP contribution >= 0.6 is 0 Å². The smallest absolute Gasteiger partial charge is 0.296 e. The average Bonchev–Trinajstić information content (AvgIpc) is 1.61. The maximum Gasteiger partial charge on any atom is 0.394 e. The van der Waals surface area contributed by atoms with Crippen molar-refractivity contribution in [3.8, 4) is 0 Å². The Morgan fingerprint density at radius 2 is 1.40 bits per heavy atom. The van der Waals surface area contributed by atoms with Crippen molar-refractivity contribution in [2.45, 2.75) is 0 Å². The molecule has 0 spiro atoms. The fraction of sp³-hybridized carbons (Fsp3) is 0. The van der Waals surface area contributed by atoms with Gasteiger partial charge in [-0.25, -0.2) is 0 Å². The Morgan fingerprint density at radius 1 is 1.30 bits per heavy atom. The van der Waals surface area contributed by atoms with Crippen LogP contribution in [-0.2, 0) is 10.4 Å². The second-order valence-electron chi connectivity index (χ2n) is 1.05. The van der Waals surface area contributed by atoms with Crippen molar-refractivity contribution in [2.75, 3.05) is 0 Å². The lowest BCUT2D eigenvalue weighted by atomic mass is 11.1. The minimum absolute atomic E-state index is 0.0324. The molecule has 0 aliphatic heterocycles. The first-order chi connectivity index (χ1) is 4.27. The fourth-order valence-electron chi connectivity index (χ4n) is 0. The molecule has 0 saturated heterocycles. The van der Waals surface area contributed by atoms with Crippen molar-refractivity contribution in [3.63, 3.8) is 0 Å². The Bertz CT molecular complexity index is 181. The second kappa shape index (κ2) is 4.78. The van der Waals surface area contributed by atoms with Crippen molar-refractivity contribution >= 4 is 16.4 Å². The van der Waals surface area contributed by atoms with Crippen molar-refractivity contribution in [2.24, 2.45) is 17.3 Å². The van der Waals surface area contributed by atoms with E-state index in [4.69, 9.17) is 29.0 Å². The molecule has 8 nitrogen and oxygen atoms in total. The number of hydrogen-bond acceptors (Lipinski definition) is 3. The van der Waals surface area contributed by atoms with Crippen LogP contribution in [0.1, 0.15) is 0 Å². The van der Waals surface area contributed by atoms with E-state index in [1.54, 1.807) is 0 Å². The van der Waals surface area contributed by atoms with E-state index < -0.39 is 10.4 Å². The van der Waals surface area contributed by atoms with Gasteiger partial charge < -0.3 is 0 Å². The molecule has 62 valence electrons. The van der Waals surface area contributed by atoms with Gasteiger partial charge in [0, 0.05) is 0 Å². The van der Waals surface area contributed by atoms with Crippen LogP contribution in [0.3, 0.4) is 0 Å². The molecule has 9 heteroatoms. The van der Waals surface area contributed by atoms with Crippen LogP contribution < -0.4 is 22.4 Å². The van der Waals surface area contributed by atoms with E-state index in [1.807, 2.05) is 5.10 Å². The minimum Gasteiger partial charge on any atom is -0.296 e. The first-order valence-corrected chi connectivity index (χ1v) is 3.21. The molecule has 0 amide bonds. The summed E-state index contributed by atoms with van der Waals surface area (Å²) < 4.78 is 31.6. The van der Waals surface area contributed by atoms with Crippen LogP contribution in [0.5, 0.6) is 0 Å². The molecule has 0 atom stereocenters. The highest BCUT2D eigenvalue weighted by atomic mass is 32.3. The Hall–Kier alpha value is -1.06. The topological polar surface area (TPSA) is 167 Å². The number of guanidine groups is 1. The van der Waals surface area contributed by atoms with Crippen LogP contribution in [0.25, 0.3) is 0 Å². The number of hydrazone groups is 1. The highest BCUT2D eigenvalue weighted by Gasteiger charge is 1.84. The van der Waals surface area contributed by atoms with Gasteiger partial charge >= 0.3 is 16.4 Å². The molecule has 0 rings (SSSR count). The summed E-state index contributed by atoms with van der Waals surface area (Å²) in [6.07, 6.45) is 0. The van der Waals surface area contributed by atoms with E-state index >= 15 is 0 Å². The van der Waals surface area contributed by atoms with Crippen LogP contribution in [-0.4, -0.2) is 23.5 Å². The lowest BCUT2D eigenvalue weighted by Crippen LogP contribution is -2.84. The van der Waals surface area contributed by atoms with Crippen molar-refractivity contribution < 1.29 is 22.6 Å². The number of rotatable bonds is 0. The predicted octanol–water partition coefficient (Wildman–Crippen LogP) is -4.44. The number of nitrogens with two attached hydrogens (primary N) is 3. The third-order valence-electron chi connectivity index (χ3n) is 0.167. The predicted molar refractivity (Wildman–Crippen MR) is 32.7 cm³/mol. The maximum atomic E-state index is 8.74. The normalized spacial score (nSPS) is 9.00. The summed E-state index contributed by atoms with van der Waals surface area (Å²) in [7, 11) is -4.67. The van der Waals surface area contributed by atoms with Gasteiger partial charge in [-0.3, -0.25) is 26.4 Å². The van der Waals surface area contributed by atoms with Gasteiger partial charge in [-0.1, -0.05) is 0 Å². The van der Waals surface area contributed by atoms with Gasteiger partial charge in [-0.2, -0.15) is 13.5 Å². The SMILES string of the molecule is N[NH+]=C(N)N.O=S(=O)(O)O. The molecule has 0 aromatic heterocycles. The molecule has 0 bridgehead atoms. The number of nitrogens with one attached hydrogen (secondary N) is 1. The van der Waals surface area contributed by atoms with E-state index in [-0.39, 0.29) is 5.96 Å². The van der Waals surface area contributed by atoms with Crippen LogP contribution in [0.4, 0.5) is 0 Å². The van der Waals surface area contributed by atoms with Crippen molar-refractivity contribution in [3.05, 3.63) is 0 Å². The fourth-order valence-corrected chi connectivity index (χ4v) is 0. The molecule has 10 heavy (non-hydrogen) atoms. The van der Waals surface area contributed by atoms with Gasteiger partial charge in [0.1, 0.15) is 0 Å². The number of hydrazine groups is 1. The molecule has 0 fully saturated rings. The quantitative estimate of drug-likeness (QED) is 0.0706. The minimum atomic E-state index is -4.67. The van der Waals surface area contributed by atoms with E-state index in [1.165, 1.54) is 0 Å². The Kier molecular flexibility index (Phi) is 5.60. The van der Waals surface area contributed by atoms with Crippen LogP contribution in [0.15, 0.2) is 0 Å². The average molecular weight is 173 g/mol. The molecule has 0 heterocycles. The van der Waals surface area contributed by atoms with Gasteiger partial charge in [0.2, 0.25) is 0 Å². The summed E-state index contributed by atoms with van der Waals surface area (Å²) in [5, 5.41) is 2.00. The van der Waals surface area contributed by atoms with Gasteiger partial charge in [0.15, 0.2) is 0 Å². The molecule has 0 radical (unpaired) electrons. The Morgan fingerprint density at radius 3 is 1.40 bits per heavy atom. The standard InChI is InChI=1S/CH6N4.H2O4S/c2-1(3)5-4;1-5(2,3)4/h4H2,(H4,2,3,5);(H2,1,2,3,4)/p+1. The summed E-state index contributed by atoms with van der Waals surface area (Å²) in [5.74, 6) is 4.67. The maximum absolute atomic E-state index is 8.74. The summed E-state index contributed by atoms with van der Waals surface area (Å²) >= 11 is 0. The third-order valence-corrected chi connectivity index (χ3v) is 0.167. The van der Waals surface area contributed by atoms with Gasteiger partial charge in [0.25, 0.3) is 0 Å². The molecular formula is CH9N4O4S+. The second-order valence-corrected chi connectivity index (χ2v) is 1.94. The molecule has 0 aromatic carbocycles. The third kappa shape index (κ3) is 277. The van der Waals surface area contributed by atoms with E-state index in [2.05, 4.69) is 5.84 Å². The van der Waals surface area contributed by atoms with E-state index in [0.29, 0.717) is 0 Å². The first-order valence-electron chi connectivity index (χ1n) is 1.81. The van der Waals surface area contributed by atoms with Gasteiger partial charge in [0.05, 0.1) is 0 Å². The van der Waals surface area contributed by atoms with Crippen molar-refractivity contribution in [1.29, 1.82) is 0 Å². The van der Waals surface area contributed by atoms with Crippen LogP contribution in [0, 0.1) is 0 Å². The molecule has 0 aliphatic carbocycles.